The Morgan fingerprint density at radius 1 is 0.913 bits per heavy atom. The van der Waals surface area contributed by atoms with Crippen LogP contribution in [0.15, 0.2) is 42.5 Å². The van der Waals surface area contributed by atoms with Crippen molar-refractivity contribution in [3.05, 3.63) is 59.2 Å². The number of aromatic carboxylic acids is 1. The zero-order chi connectivity index (χ0) is 16.4. The number of carboxylic acid groups (broad SMARTS) is 2. The fourth-order valence-electron chi connectivity index (χ4n) is 2.22. The Kier molecular flexibility index (Phi) is 3.72. The molecule has 1 aliphatic heterocycles. The molecule has 3 rings (SSSR count). The number of carbonyl (C=O) groups is 2. The van der Waals surface area contributed by atoms with Crippen molar-refractivity contribution in [2.24, 2.45) is 0 Å². The molecule has 2 N–H and O–H groups in total. The van der Waals surface area contributed by atoms with Gasteiger partial charge in [0.05, 0.1) is 11.1 Å². The highest BCUT2D eigenvalue weighted by Crippen LogP contribution is 2.35. The maximum atomic E-state index is 11.5. The molecule has 23 heavy (non-hydrogen) atoms. The molecule has 1 aliphatic rings. The van der Waals surface area contributed by atoms with Gasteiger partial charge < -0.3 is 19.7 Å². The highest BCUT2D eigenvalue weighted by Gasteiger charge is 2.17. The third-order valence-corrected chi connectivity index (χ3v) is 3.38. The van der Waals surface area contributed by atoms with Crippen molar-refractivity contribution in [1.29, 1.82) is 0 Å². The van der Waals surface area contributed by atoms with Crippen LogP contribution >= 0.6 is 0 Å². The van der Waals surface area contributed by atoms with Crippen LogP contribution in [0.3, 0.4) is 0 Å². The van der Waals surface area contributed by atoms with E-state index in [1.54, 1.807) is 30.3 Å². The minimum Gasteiger partial charge on any atom is -0.478 e. The van der Waals surface area contributed by atoms with Crippen LogP contribution < -0.4 is 9.47 Å². The van der Waals surface area contributed by atoms with Crippen molar-refractivity contribution in [3.63, 3.8) is 0 Å². The normalized spacial score (nSPS) is 13.0. The lowest BCUT2D eigenvalue weighted by Gasteiger charge is -2.05. The zero-order valence-electron chi connectivity index (χ0n) is 11.9. The molecular weight excluding hydrogens is 300 g/mol. The lowest BCUT2D eigenvalue weighted by atomic mass is 10.0. The number of fused-ring (bicyclic) bond motifs is 1. The minimum absolute atomic E-state index is 0.0753. The fourth-order valence-corrected chi connectivity index (χ4v) is 2.22. The minimum atomic E-state index is -1.09. The molecule has 116 valence electrons. The van der Waals surface area contributed by atoms with Gasteiger partial charge in [0, 0.05) is 0 Å². The molecule has 0 spiro atoms. The Morgan fingerprint density at radius 2 is 1.57 bits per heavy atom. The van der Waals surface area contributed by atoms with Crippen molar-refractivity contribution >= 4 is 23.6 Å². The molecule has 6 heteroatoms. The summed E-state index contributed by atoms with van der Waals surface area (Å²) in [6.07, 6.45) is 1.48. The molecule has 0 saturated carbocycles. The molecular formula is C17H12O6. The summed E-state index contributed by atoms with van der Waals surface area (Å²) in [4.78, 5) is 22.4. The first-order chi connectivity index (χ1) is 11.0. The quantitative estimate of drug-likeness (QED) is 0.666. The van der Waals surface area contributed by atoms with Crippen LogP contribution in [0.25, 0.3) is 11.6 Å². The van der Waals surface area contributed by atoms with Crippen LogP contribution in [0, 0.1) is 0 Å². The van der Waals surface area contributed by atoms with Crippen molar-refractivity contribution in [1.82, 2.24) is 0 Å². The highest BCUT2D eigenvalue weighted by molar-refractivity contribution is 6.20. The van der Waals surface area contributed by atoms with E-state index in [1.165, 1.54) is 18.2 Å². The Morgan fingerprint density at radius 3 is 2.22 bits per heavy atom. The average molecular weight is 312 g/mol. The standard InChI is InChI=1S/C17H12O6/c18-16(19)11-3-1-10(2-4-11)7-13(17(20)21)12-5-6-14-15(8-12)23-9-22-14/h1-8H,9H2,(H,18,19)(H,20,21)/b13-7-. The first-order valence-corrected chi connectivity index (χ1v) is 6.73. The van der Waals surface area contributed by atoms with Gasteiger partial charge in [-0.15, -0.1) is 0 Å². The number of hydrogen-bond donors (Lipinski definition) is 2. The van der Waals surface area contributed by atoms with Gasteiger partial charge in [-0.2, -0.15) is 0 Å². The Balaban J connectivity index is 1.98. The van der Waals surface area contributed by atoms with Gasteiger partial charge in [-0.05, 0) is 41.5 Å². The summed E-state index contributed by atoms with van der Waals surface area (Å²) in [5.41, 5.74) is 1.28. The maximum absolute atomic E-state index is 11.5. The molecule has 0 radical (unpaired) electrons. The van der Waals surface area contributed by atoms with Crippen molar-refractivity contribution < 1.29 is 29.3 Å². The van der Waals surface area contributed by atoms with Gasteiger partial charge >= 0.3 is 11.9 Å². The van der Waals surface area contributed by atoms with Gasteiger partial charge in [0.15, 0.2) is 11.5 Å². The SMILES string of the molecule is O=C(O)/C(=C\c1ccc(C(=O)O)cc1)c1ccc2c(c1)OCO2. The fraction of sp³-hybridized carbons (Fsp3) is 0.0588. The molecule has 6 nitrogen and oxygen atoms in total. The molecule has 0 bridgehead atoms. The molecule has 0 amide bonds. The second-order valence-electron chi connectivity index (χ2n) is 4.86. The monoisotopic (exact) mass is 312 g/mol. The van der Waals surface area contributed by atoms with Gasteiger partial charge in [-0.3, -0.25) is 0 Å². The van der Waals surface area contributed by atoms with Crippen molar-refractivity contribution in [2.75, 3.05) is 6.79 Å². The van der Waals surface area contributed by atoms with Crippen molar-refractivity contribution in [3.8, 4) is 11.5 Å². The summed E-state index contributed by atoms with van der Waals surface area (Å²) in [7, 11) is 0. The van der Waals surface area contributed by atoms with E-state index in [4.69, 9.17) is 14.6 Å². The molecule has 2 aromatic rings. The first kappa shape index (κ1) is 14.6. The maximum Gasteiger partial charge on any atom is 0.336 e. The van der Waals surface area contributed by atoms with Gasteiger partial charge in [0.25, 0.3) is 0 Å². The van der Waals surface area contributed by atoms with Crippen molar-refractivity contribution in [2.45, 2.75) is 0 Å². The summed E-state index contributed by atoms with van der Waals surface area (Å²) in [5, 5.41) is 18.3. The highest BCUT2D eigenvalue weighted by atomic mass is 16.7. The van der Waals surface area contributed by atoms with E-state index in [9.17, 15) is 14.7 Å². The zero-order valence-corrected chi connectivity index (χ0v) is 11.9. The summed E-state index contributed by atoms with van der Waals surface area (Å²) >= 11 is 0. The molecule has 0 saturated heterocycles. The number of aliphatic carboxylic acids is 1. The third kappa shape index (κ3) is 3.01. The smallest absolute Gasteiger partial charge is 0.336 e. The molecule has 0 unspecified atom stereocenters. The largest absolute Gasteiger partial charge is 0.478 e. The van der Waals surface area contributed by atoms with E-state index in [0.29, 0.717) is 22.6 Å². The summed E-state index contributed by atoms with van der Waals surface area (Å²) in [6.45, 7) is 0.113. The third-order valence-electron chi connectivity index (χ3n) is 3.38. The second-order valence-corrected chi connectivity index (χ2v) is 4.86. The second kappa shape index (κ2) is 5.84. The first-order valence-electron chi connectivity index (χ1n) is 6.73. The topological polar surface area (TPSA) is 93.1 Å². The van der Waals surface area contributed by atoms with E-state index in [2.05, 4.69) is 0 Å². The molecule has 0 aromatic heterocycles. The number of ether oxygens (including phenoxy) is 2. The number of benzene rings is 2. The van der Waals surface area contributed by atoms with Crippen LogP contribution in [0.5, 0.6) is 11.5 Å². The Hall–Kier alpha value is -3.28. The molecule has 0 aliphatic carbocycles. The van der Waals surface area contributed by atoms with E-state index >= 15 is 0 Å². The van der Waals surface area contributed by atoms with E-state index in [0.717, 1.165) is 0 Å². The lowest BCUT2D eigenvalue weighted by Crippen LogP contribution is -2.00. The van der Waals surface area contributed by atoms with Crippen LogP contribution in [0.1, 0.15) is 21.5 Å². The molecule has 1 heterocycles. The molecule has 2 aromatic carbocycles. The lowest BCUT2D eigenvalue weighted by molar-refractivity contribution is -0.130. The van der Waals surface area contributed by atoms with Crippen LogP contribution in [-0.4, -0.2) is 28.9 Å². The van der Waals surface area contributed by atoms with E-state index < -0.39 is 11.9 Å². The van der Waals surface area contributed by atoms with Crippen LogP contribution in [0.2, 0.25) is 0 Å². The number of rotatable bonds is 4. The van der Waals surface area contributed by atoms with Gasteiger partial charge in [0.1, 0.15) is 0 Å². The Bertz CT molecular complexity index is 804. The van der Waals surface area contributed by atoms with Gasteiger partial charge in [0.2, 0.25) is 6.79 Å². The number of hydrogen-bond acceptors (Lipinski definition) is 4. The van der Waals surface area contributed by atoms with Crippen LogP contribution in [-0.2, 0) is 4.79 Å². The predicted molar refractivity (Wildman–Crippen MR) is 81.5 cm³/mol. The van der Waals surface area contributed by atoms with Crippen LogP contribution in [0.4, 0.5) is 0 Å². The summed E-state index contributed by atoms with van der Waals surface area (Å²) in [5.74, 6) is -1.05. The summed E-state index contributed by atoms with van der Waals surface area (Å²) < 4.78 is 10.5. The van der Waals surface area contributed by atoms with Gasteiger partial charge in [-0.25, -0.2) is 9.59 Å². The molecule has 0 fully saturated rings. The Labute approximate surface area is 131 Å². The predicted octanol–water partition coefficient (Wildman–Crippen LogP) is 2.74. The molecule has 0 atom stereocenters. The average Bonchev–Trinajstić information content (AvgIpc) is 3.00. The van der Waals surface area contributed by atoms with E-state index in [-0.39, 0.29) is 17.9 Å². The summed E-state index contributed by atoms with van der Waals surface area (Å²) in [6, 6.07) is 10.9. The van der Waals surface area contributed by atoms with Gasteiger partial charge in [-0.1, -0.05) is 18.2 Å². The number of carboxylic acids is 2. The van der Waals surface area contributed by atoms with E-state index in [1.807, 2.05) is 0 Å².